The Labute approximate surface area is 249 Å². The van der Waals surface area contributed by atoms with Crippen molar-refractivity contribution in [2.75, 3.05) is 13.2 Å². The molecule has 0 aromatic heterocycles. The molecule has 2 rings (SSSR count). The zero-order valence-electron chi connectivity index (χ0n) is 23.6. The molecule has 0 saturated carbocycles. The maximum absolute atomic E-state index is 6.32. The molecule has 214 valence electrons. The van der Waals surface area contributed by atoms with Crippen LogP contribution in [-0.4, -0.2) is 17.5 Å². The lowest BCUT2D eigenvalue weighted by Crippen LogP contribution is -2.20. The van der Waals surface area contributed by atoms with E-state index < -0.39 is 0 Å². The van der Waals surface area contributed by atoms with Crippen LogP contribution in [0.4, 0.5) is 0 Å². The molecular formula is C30H52Br2N2O2S. The highest BCUT2D eigenvalue weighted by Crippen LogP contribution is 2.46. The summed E-state index contributed by atoms with van der Waals surface area (Å²) in [5.74, 6) is 1.63. The van der Waals surface area contributed by atoms with Crippen LogP contribution in [0.3, 0.4) is 0 Å². The summed E-state index contributed by atoms with van der Waals surface area (Å²) in [6, 6.07) is 0. The van der Waals surface area contributed by atoms with Crippen molar-refractivity contribution in [1.82, 2.24) is 9.03 Å². The summed E-state index contributed by atoms with van der Waals surface area (Å²) in [4.78, 5) is 0. The molecule has 1 N–H and O–H groups in total. The Morgan fingerprint density at radius 3 is 1.49 bits per heavy atom. The van der Waals surface area contributed by atoms with E-state index in [1.807, 2.05) is 6.20 Å². The molecule has 2 aliphatic heterocycles. The molecule has 37 heavy (non-hydrogen) atoms. The van der Waals surface area contributed by atoms with Crippen LogP contribution in [0.25, 0.3) is 0 Å². The molecule has 0 radical (unpaired) electrons. The van der Waals surface area contributed by atoms with E-state index in [-0.39, 0.29) is 0 Å². The average Bonchev–Trinajstić information content (AvgIpc) is 3.40. The molecule has 0 fully saturated rings. The Balaban J connectivity index is 1.67. The van der Waals surface area contributed by atoms with Crippen molar-refractivity contribution < 1.29 is 9.47 Å². The second-order valence-corrected chi connectivity index (χ2v) is 12.7. The Kier molecular flexibility index (Phi) is 19.2. The van der Waals surface area contributed by atoms with Crippen molar-refractivity contribution in [3.05, 3.63) is 32.5 Å². The van der Waals surface area contributed by atoms with Gasteiger partial charge in [-0.15, -0.1) is 0 Å². The van der Waals surface area contributed by atoms with Gasteiger partial charge in [-0.3, -0.25) is 4.31 Å². The number of hydrogen-bond donors (Lipinski definition) is 1. The van der Waals surface area contributed by atoms with E-state index in [0.29, 0.717) is 0 Å². The normalized spacial score (nSPS) is 15.2. The van der Waals surface area contributed by atoms with Crippen molar-refractivity contribution in [2.24, 2.45) is 0 Å². The molecule has 0 amide bonds. The highest BCUT2D eigenvalue weighted by molar-refractivity contribution is 9.12. The fourth-order valence-corrected chi connectivity index (χ4v) is 6.81. The third-order valence-electron chi connectivity index (χ3n) is 7.04. The second-order valence-electron chi connectivity index (χ2n) is 10.4. The van der Waals surface area contributed by atoms with Gasteiger partial charge in [0.25, 0.3) is 0 Å². The van der Waals surface area contributed by atoms with Crippen LogP contribution in [0.2, 0.25) is 0 Å². The molecule has 0 aromatic carbocycles. The SMILES string of the molecule is CCCCCCCCCCCCOC1=C(Br)C2=CNSN2C(Br)=C1OCCCCCCCCCCCC. The molecule has 0 atom stereocenters. The first kappa shape index (κ1) is 32.9. The monoisotopic (exact) mass is 662 g/mol. The first-order valence-electron chi connectivity index (χ1n) is 15.2. The fourth-order valence-electron chi connectivity index (χ4n) is 4.72. The molecule has 2 heterocycles. The topological polar surface area (TPSA) is 33.7 Å². The van der Waals surface area contributed by atoms with Crippen molar-refractivity contribution >= 4 is 44.0 Å². The van der Waals surface area contributed by atoms with Crippen molar-refractivity contribution in [3.8, 4) is 0 Å². The Hall–Kier alpha value is -0.270. The van der Waals surface area contributed by atoms with Gasteiger partial charge in [0.05, 0.1) is 35.5 Å². The number of ether oxygens (including phenoxy) is 2. The van der Waals surface area contributed by atoms with Gasteiger partial charge < -0.3 is 14.2 Å². The smallest absolute Gasteiger partial charge is 0.194 e. The maximum atomic E-state index is 6.32. The number of nitrogens with one attached hydrogen (secondary N) is 1. The molecule has 0 bridgehead atoms. The standard InChI is InChI=1S/C30H52Br2N2O2S/c1-3-5-7-9-11-13-15-17-19-21-23-35-28-27(31)26-25-33-37-34(26)30(32)29(28)36-24-22-20-18-16-14-12-10-8-6-4-2/h25,33H,3-24H2,1-2H3. The first-order valence-corrected chi connectivity index (χ1v) is 17.5. The minimum Gasteiger partial charge on any atom is -0.488 e. The van der Waals surface area contributed by atoms with Gasteiger partial charge in [0.15, 0.2) is 11.5 Å². The summed E-state index contributed by atoms with van der Waals surface area (Å²) in [6.07, 6.45) is 28.5. The van der Waals surface area contributed by atoms with Crippen LogP contribution >= 0.6 is 44.0 Å². The summed E-state index contributed by atoms with van der Waals surface area (Å²) in [5, 5.41) is 0. The Morgan fingerprint density at radius 1 is 0.622 bits per heavy atom. The van der Waals surface area contributed by atoms with Crippen LogP contribution in [-0.2, 0) is 9.47 Å². The number of rotatable bonds is 24. The predicted octanol–water partition coefficient (Wildman–Crippen LogP) is 11.4. The summed E-state index contributed by atoms with van der Waals surface area (Å²) in [7, 11) is 0. The third kappa shape index (κ3) is 13.1. The van der Waals surface area contributed by atoms with Gasteiger partial charge in [-0.05, 0) is 44.7 Å². The van der Waals surface area contributed by atoms with E-state index in [1.165, 1.54) is 128 Å². The Bertz CT molecular complexity index is 712. The predicted molar refractivity (Wildman–Crippen MR) is 168 cm³/mol. The lowest BCUT2D eigenvalue weighted by molar-refractivity contribution is 0.139. The lowest BCUT2D eigenvalue weighted by atomic mass is 10.1. The van der Waals surface area contributed by atoms with Gasteiger partial charge in [0, 0.05) is 6.20 Å². The van der Waals surface area contributed by atoms with Gasteiger partial charge >= 0.3 is 0 Å². The number of hydrogen-bond acceptors (Lipinski definition) is 5. The van der Waals surface area contributed by atoms with E-state index in [2.05, 4.69) is 54.7 Å². The summed E-state index contributed by atoms with van der Waals surface area (Å²) in [6.45, 7) is 6.00. The number of unbranched alkanes of at least 4 members (excludes halogenated alkanes) is 18. The van der Waals surface area contributed by atoms with E-state index in [1.54, 1.807) is 0 Å². The number of allylic oxidation sites excluding steroid dienone is 1. The summed E-state index contributed by atoms with van der Waals surface area (Å²) >= 11 is 9.10. The largest absolute Gasteiger partial charge is 0.488 e. The number of fused-ring (bicyclic) bond motifs is 1. The quantitative estimate of drug-likeness (QED) is 0.0631. The minimum absolute atomic E-state index is 0.720. The minimum atomic E-state index is 0.720. The Morgan fingerprint density at radius 2 is 1.03 bits per heavy atom. The number of halogens is 2. The van der Waals surface area contributed by atoms with Gasteiger partial charge in [-0.2, -0.15) is 0 Å². The van der Waals surface area contributed by atoms with Gasteiger partial charge in [-0.1, -0.05) is 129 Å². The van der Waals surface area contributed by atoms with E-state index >= 15 is 0 Å². The molecular weight excluding hydrogens is 612 g/mol. The van der Waals surface area contributed by atoms with Crippen molar-refractivity contribution in [2.45, 2.75) is 142 Å². The highest BCUT2D eigenvalue weighted by Gasteiger charge is 2.34. The highest BCUT2D eigenvalue weighted by atomic mass is 79.9. The van der Waals surface area contributed by atoms with Crippen molar-refractivity contribution in [1.29, 1.82) is 0 Å². The molecule has 4 nitrogen and oxygen atoms in total. The average molecular weight is 665 g/mol. The lowest BCUT2D eigenvalue weighted by Gasteiger charge is -2.28. The second kappa shape index (κ2) is 21.5. The fraction of sp³-hybridized carbons (Fsp3) is 0.800. The van der Waals surface area contributed by atoms with Crippen LogP contribution in [0.15, 0.2) is 32.5 Å². The van der Waals surface area contributed by atoms with Crippen LogP contribution in [0, 0.1) is 0 Å². The molecule has 2 aliphatic rings. The summed E-state index contributed by atoms with van der Waals surface area (Å²) in [5.41, 5.74) is 1.06. The van der Waals surface area contributed by atoms with Crippen molar-refractivity contribution in [3.63, 3.8) is 0 Å². The van der Waals surface area contributed by atoms with Gasteiger partial charge in [-0.25, -0.2) is 0 Å². The van der Waals surface area contributed by atoms with E-state index in [0.717, 1.165) is 52.4 Å². The molecule has 0 spiro atoms. The number of nitrogens with zero attached hydrogens (tertiary/aromatic N) is 1. The molecule has 0 unspecified atom stereocenters. The first-order chi connectivity index (χ1) is 18.2. The molecule has 0 aliphatic carbocycles. The zero-order chi connectivity index (χ0) is 26.6. The van der Waals surface area contributed by atoms with E-state index in [4.69, 9.17) is 9.47 Å². The third-order valence-corrected chi connectivity index (χ3v) is 9.54. The van der Waals surface area contributed by atoms with Gasteiger partial charge in [0.2, 0.25) is 0 Å². The molecule has 7 heteroatoms. The zero-order valence-corrected chi connectivity index (χ0v) is 27.6. The van der Waals surface area contributed by atoms with Gasteiger partial charge in [0.1, 0.15) is 4.61 Å². The molecule has 0 aromatic rings. The maximum Gasteiger partial charge on any atom is 0.194 e. The van der Waals surface area contributed by atoms with Crippen LogP contribution in [0.5, 0.6) is 0 Å². The van der Waals surface area contributed by atoms with Crippen LogP contribution in [0.1, 0.15) is 142 Å². The van der Waals surface area contributed by atoms with Crippen LogP contribution < -0.4 is 4.72 Å². The van der Waals surface area contributed by atoms with E-state index in [9.17, 15) is 0 Å². The summed E-state index contributed by atoms with van der Waals surface area (Å²) < 4.78 is 19.9. The molecule has 0 saturated heterocycles.